The number of allylic oxidation sites excluding steroid dienone is 12. The van der Waals surface area contributed by atoms with Crippen molar-refractivity contribution < 1.29 is 23.8 Å². The highest BCUT2D eigenvalue weighted by Crippen LogP contribution is 2.14. The predicted molar refractivity (Wildman–Crippen MR) is 251 cm³/mol. The number of carbonyl (C=O) groups is 2. The number of ether oxygens (including phenoxy) is 3. The molecule has 0 aromatic carbocycles. The van der Waals surface area contributed by atoms with E-state index in [4.69, 9.17) is 14.2 Å². The lowest BCUT2D eigenvalue weighted by molar-refractivity contribution is -0.163. The molecule has 0 aromatic rings. The molecule has 0 saturated heterocycles. The van der Waals surface area contributed by atoms with Crippen molar-refractivity contribution in [2.75, 3.05) is 19.8 Å². The fraction of sp³-hybridized carbons (Fsp3) is 0.736. The Morgan fingerprint density at radius 1 is 0.397 bits per heavy atom. The van der Waals surface area contributed by atoms with Gasteiger partial charge in [0.15, 0.2) is 6.10 Å². The third-order valence-electron chi connectivity index (χ3n) is 10.2. The maximum absolute atomic E-state index is 12.7. The summed E-state index contributed by atoms with van der Waals surface area (Å²) >= 11 is 0. The number of esters is 2. The molecule has 0 aliphatic rings. The van der Waals surface area contributed by atoms with Gasteiger partial charge in [0.25, 0.3) is 0 Å². The van der Waals surface area contributed by atoms with E-state index < -0.39 is 6.10 Å². The fourth-order valence-corrected chi connectivity index (χ4v) is 6.58. The molecule has 0 fully saturated rings. The Labute approximate surface area is 359 Å². The Bertz CT molecular complexity index is 1050. The van der Waals surface area contributed by atoms with Gasteiger partial charge in [-0.3, -0.25) is 9.59 Å². The van der Waals surface area contributed by atoms with Crippen LogP contribution >= 0.6 is 0 Å². The van der Waals surface area contributed by atoms with Crippen molar-refractivity contribution in [3.05, 3.63) is 72.9 Å². The molecule has 0 N–H and O–H groups in total. The van der Waals surface area contributed by atoms with Crippen molar-refractivity contribution in [3.63, 3.8) is 0 Å². The summed E-state index contributed by atoms with van der Waals surface area (Å²) in [6.45, 7) is 7.63. The molecule has 0 rings (SSSR count). The van der Waals surface area contributed by atoms with E-state index in [2.05, 4.69) is 93.7 Å². The second-order valence-electron chi connectivity index (χ2n) is 16.0. The largest absolute Gasteiger partial charge is 0.462 e. The van der Waals surface area contributed by atoms with E-state index in [0.717, 1.165) is 83.5 Å². The first kappa shape index (κ1) is 55.3. The summed E-state index contributed by atoms with van der Waals surface area (Å²) in [6, 6.07) is 0. The van der Waals surface area contributed by atoms with Gasteiger partial charge in [-0.2, -0.15) is 0 Å². The molecule has 58 heavy (non-hydrogen) atoms. The van der Waals surface area contributed by atoms with Crippen LogP contribution in [0.15, 0.2) is 72.9 Å². The molecular weight excluding hydrogens is 717 g/mol. The lowest BCUT2D eigenvalue weighted by Gasteiger charge is -2.18. The first-order chi connectivity index (χ1) is 28.6. The smallest absolute Gasteiger partial charge is 0.306 e. The zero-order valence-electron chi connectivity index (χ0n) is 38.3. The van der Waals surface area contributed by atoms with E-state index >= 15 is 0 Å². The Morgan fingerprint density at radius 3 is 1.33 bits per heavy atom. The van der Waals surface area contributed by atoms with E-state index in [-0.39, 0.29) is 25.2 Å². The van der Waals surface area contributed by atoms with Crippen molar-refractivity contribution >= 4 is 11.9 Å². The monoisotopic (exact) mass is 809 g/mol. The van der Waals surface area contributed by atoms with Crippen LogP contribution < -0.4 is 0 Å². The maximum Gasteiger partial charge on any atom is 0.306 e. The molecule has 5 heteroatoms. The van der Waals surface area contributed by atoms with Gasteiger partial charge in [0, 0.05) is 19.4 Å². The van der Waals surface area contributed by atoms with Gasteiger partial charge >= 0.3 is 11.9 Å². The van der Waals surface area contributed by atoms with Gasteiger partial charge in [0.05, 0.1) is 6.61 Å². The van der Waals surface area contributed by atoms with E-state index in [1.165, 1.54) is 109 Å². The second kappa shape index (κ2) is 48.7. The molecule has 0 spiro atoms. The predicted octanol–water partition coefficient (Wildman–Crippen LogP) is 16.3. The summed E-state index contributed by atoms with van der Waals surface area (Å²) in [5.74, 6) is -0.437. The first-order valence-electron chi connectivity index (χ1n) is 24.5. The van der Waals surface area contributed by atoms with Crippen LogP contribution in [0.1, 0.15) is 226 Å². The van der Waals surface area contributed by atoms with Crippen LogP contribution in [0, 0.1) is 0 Å². The number of carbonyl (C=O) groups excluding carboxylic acids is 2. The molecule has 0 saturated carbocycles. The lowest BCUT2D eigenvalue weighted by Crippen LogP contribution is -2.30. The Balaban J connectivity index is 4.29. The number of hydrogen-bond acceptors (Lipinski definition) is 5. The zero-order chi connectivity index (χ0) is 42.1. The SMILES string of the molecule is CC/C=C\C/C=C\C/C=C\C/C=C\C/C=C\CCCCCC(=O)OCC(COCCCCCCCC/C=C\CCCC)OC(=O)CCCCCCCCCCCCC. The van der Waals surface area contributed by atoms with Gasteiger partial charge in [-0.1, -0.05) is 203 Å². The van der Waals surface area contributed by atoms with Crippen LogP contribution in [0.4, 0.5) is 0 Å². The van der Waals surface area contributed by atoms with Gasteiger partial charge in [0.2, 0.25) is 0 Å². The van der Waals surface area contributed by atoms with Crippen LogP contribution in [0.2, 0.25) is 0 Å². The molecule has 5 nitrogen and oxygen atoms in total. The molecule has 0 bridgehead atoms. The van der Waals surface area contributed by atoms with Crippen LogP contribution in [-0.2, 0) is 23.8 Å². The average molecular weight is 809 g/mol. The number of rotatable bonds is 44. The minimum Gasteiger partial charge on any atom is -0.462 e. The standard InChI is InChI=1S/C53H92O5/c1-4-7-10-13-16-19-22-24-25-26-27-28-29-30-32-34-37-40-43-46-52(54)57-50-51(49-56-48-45-42-39-36-33-23-20-17-14-11-8-5-2)58-53(55)47-44-41-38-35-31-21-18-15-12-9-6-3/h7,10,14,16-17,19,24-25,27-28,30,32,51H,4-6,8-9,11-13,15,18,20-23,26,29,31,33-50H2,1-3H3/b10-7-,17-14-,19-16-,25-24-,28-27-,32-30-. The topological polar surface area (TPSA) is 61.8 Å². The second-order valence-corrected chi connectivity index (χ2v) is 16.0. The maximum atomic E-state index is 12.7. The Hall–Kier alpha value is -2.66. The van der Waals surface area contributed by atoms with Gasteiger partial charge in [-0.15, -0.1) is 0 Å². The van der Waals surface area contributed by atoms with E-state index in [1.807, 2.05) is 0 Å². The minimum absolute atomic E-state index is 0.0652. The summed E-state index contributed by atoms with van der Waals surface area (Å²) in [4.78, 5) is 25.3. The summed E-state index contributed by atoms with van der Waals surface area (Å²) in [5, 5.41) is 0. The lowest BCUT2D eigenvalue weighted by atomic mass is 10.1. The molecule has 0 aliphatic heterocycles. The third kappa shape index (κ3) is 46.0. The van der Waals surface area contributed by atoms with E-state index in [1.54, 1.807) is 0 Å². The highest BCUT2D eigenvalue weighted by atomic mass is 16.6. The molecule has 0 aliphatic carbocycles. The van der Waals surface area contributed by atoms with Gasteiger partial charge < -0.3 is 14.2 Å². The Kier molecular flexibility index (Phi) is 46.5. The van der Waals surface area contributed by atoms with Crippen molar-refractivity contribution in [2.45, 2.75) is 232 Å². The molecule has 0 aromatic heterocycles. The average Bonchev–Trinajstić information content (AvgIpc) is 3.22. The van der Waals surface area contributed by atoms with Crippen LogP contribution in [-0.4, -0.2) is 37.9 Å². The minimum atomic E-state index is -0.551. The summed E-state index contributed by atoms with van der Waals surface area (Å²) in [7, 11) is 0. The molecule has 1 unspecified atom stereocenters. The van der Waals surface area contributed by atoms with Gasteiger partial charge in [0.1, 0.15) is 6.61 Å². The van der Waals surface area contributed by atoms with E-state index in [9.17, 15) is 9.59 Å². The third-order valence-corrected chi connectivity index (χ3v) is 10.2. The highest BCUT2D eigenvalue weighted by molar-refractivity contribution is 5.70. The highest BCUT2D eigenvalue weighted by Gasteiger charge is 2.17. The zero-order valence-corrected chi connectivity index (χ0v) is 38.3. The quantitative estimate of drug-likeness (QED) is 0.0348. The van der Waals surface area contributed by atoms with Crippen molar-refractivity contribution in [1.82, 2.24) is 0 Å². The van der Waals surface area contributed by atoms with E-state index in [0.29, 0.717) is 19.4 Å². The van der Waals surface area contributed by atoms with Gasteiger partial charge in [-0.05, 0) is 83.5 Å². The van der Waals surface area contributed by atoms with Crippen molar-refractivity contribution in [2.24, 2.45) is 0 Å². The number of hydrogen-bond donors (Lipinski definition) is 0. The Morgan fingerprint density at radius 2 is 0.793 bits per heavy atom. The molecular formula is C53H92O5. The summed E-state index contributed by atoms with van der Waals surface area (Å²) in [6.07, 6.45) is 61.9. The fourth-order valence-electron chi connectivity index (χ4n) is 6.58. The van der Waals surface area contributed by atoms with Crippen LogP contribution in [0.25, 0.3) is 0 Å². The van der Waals surface area contributed by atoms with Crippen LogP contribution in [0.3, 0.4) is 0 Å². The normalized spacial score (nSPS) is 12.8. The molecule has 0 amide bonds. The van der Waals surface area contributed by atoms with Gasteiger partial charge in [-0.25, -0.2) is 0 Å². The van der Waals surface area contributed by atoms with Crippen molar-refractivity contribution in [1.29, 1.82) is 0 Å². The summed E-state index contributed by atoms with van der Waals surface area (Å²) in [5.41, 5.74) is 0. The molecule has 334 valence electrons. The molecule has 0 radical (unpaired) electrons. The number of unbranched alkanes of at least 4 members (excludes halogenated alkanes) is 21. The van der Waals surface area contributed by atoms with Crippen molar-refractivity contribution in [3.8, 4) is 0 Å². The van der Waals surface area contributed by atoms with Crippen LogP contribution in [0.5, 0.6) is 0 Å². The summed E-state index contributed by atoms with van der Waals surface area (Å²) < 4.78 is 17.3. The molecule has 1 atom stereocenters. The first-order valence-corrected chi connectivity index (χ1v) is 24.5. The molecule has 0 heterocycles.